The van der Waals surface area contributed by atoms with Crippen LogP contribution in [0, 0.1) is 13.8 Å². The Labute approximate surface area is 183 Å². The van der Waals surface area contributed by atoms with Crippen LogP contribution in [0.25, 0.3) is 11.8 Å². The molecule has 4 rings (SSSR count). The van der Waals surface area contributed by atoms with Crippen molar-refractivity contribution >= 4 is 57.8 Å². The molecule has 1 aliphatic rings. The molecule has 0 unspecified atom stereocenters. The largest absolute Gasteiger partial charge is 0.317 e. The lowest BCUT2D eigenvalue weighted by molar-refractivity contribution is -0.115. The Morgan fingerprint density at radius 2 is 1.86 bits per heavy atom. The molecule has 0 radical (unpaired) electrons. The molecule has 29 heavy (non-hydrogen) atoms. The van der Waals surface area contributed by atoms with E-state index in [1.165, 1.54) is 22.9 Å². The van der Waals surface area contributed by atoms with Crippen molar-refractivity contribution in [2.24, 2.45) is 4.99 Å². The molecule has 3 aromatic rings. The second-order valence-corrected chi connectivity index (χ2v) is 8.39. The van der Waals surface area contributed by atoms with Gasteiger partial charge in [-0.2, -0.15) is 0 Å². The zero-order chi connectivity index (χ0) is 20.5. The minimum atomic E-state index is -0.194. The van der Waals surface area contributed by atoms with E-state index in [1.807, 2.05) is 30.5 Å². The second kappa shape index (κ2) is 8.11. The molecule has 1 fully saturated rings. The van der Waals surface area contributed by atoms with Gasteiger partial charge in [0.25, 0.3) is 5.91 Å². The summed E-state index contributed by atoms with van der Waals surface area (Å²) in [6.45, 7) is 4.18. The number of nitrogens with one attached hydrogen (secondary N) is 1. The van der Waals surface area contributed by atoms with Gasteiger partial charge in [0.2, 0.25) is 0 Å². The number of thioether (sulfide) groups is 1. The van der Waals surface area contributed by atoms with Gasteiger partial charge >= 0.3 is 0 Å². The zero-order valence-corrected chi connectivity index (χ0v) is 18.1. The summed E-state index contributed by atoms with van der Waals surface area (Å²) in [6.07, 6.45) is 3.86. The lowest BCUT2D eigenvalue weighted by Gasteiger charge is -2.12. The summed E-state index contributed by atoms with van der Waals surface area (Å²) >= 11 is 13.5. The SMILES string of the molecule is Cc1cccc(-n2cccc2/C=C2/SC(=Nc3cccc(Cl)c3Cl)NC2=O)c1C. The summed E-state index contributed by atoms with van der Waals surface area (Å²) in [5, 5.41) is 4.03. The van der Waals surface area contributed by atoms with Gasteiger partial charge in [-0.15, -0.1) is 0 Å². The van der Waals surface area contributed by atoms with E-state index in [1.54, 1.807) is 18.2 Å². The average Bonchev–Trinajstić information content (AvgIpc) is 3.28. The van der Waals surface area contributed by atoms with E-state index in [0.29, 0.717) is 25.8 Å². The summed E-state index contributed by atoms with van der Waals surface area (Å²) < 4.78 is 2.08. The molecule has 7 heteroatoms. The Kier molecular flexibility index (Phi) is 5.54. The molecule has 1 saturated heterocycles. The Morgan fingerprint density at radius 3 is 2.69 bits per heavy atom. The minimum Gasteiger partial charge on any atom is -0.317 e. The fraction of sp³-hybridized carbons (Fsp3) is 0.0909. The van der Waals surface area contributed by atoms with Gasteiger partial charge in [0.1, 0.15) is 0 Å². The van der Waals surface area contributed by atoms with E-state index in [9.17, 15) is 4.79 Å². The number of halogens is 2. The maximum Gasteiger partial charge on any atom is 0.264 e. The summed E-state index contributed by atoms with van der Waals surface area (Å²) in [5.74, 6) is -0.194. The quantitative estimate of drug-likeness (QED) is 0.485. The van der Waals surface area contributed by atoms with Gasteiger partial charge in [0.05, 0.1) is 20.6 Å². The van der Waals surface area contributed by atoms with E-state index >= 15 is 0 Å². The van der Waals surface area contributed by atoms with Crippen LogP contribution < -0.4 is 5.32 Å². The molecule has 0 saturated carbocycles. The molecule has 4 nitrogen and oxygen atoms in total. The van der Waals surface area contributed by atoms with E-state index in [0.717, 1.165) is 11.4 Å². The predicted molar refractivity (Wildman–Crippen MR) is 123 cm³/mol. The van der Waals surface area contributed by atoms with Crippen molar-refractivity contribution in [1.29, 1.82) is 0 Å². The van der Waals surface area contributed by atoms with Crippen molar-refractivity contribution in [3.63, 3.8) is 0 Å². The first kappa shape index (κ1) is 19.8. The van der Waals surface area contributed by atoms with E-state index < -0.39 is 0 Å². The highest BCUT2D eigenvalue weighted by Gasteiger charge is 2.24. The summed E-state index contributed by atoms with van der Waals surface area (Å²) in [7, 11) is 0. The number of carbonyl (C=O) groups excluding carboxylic acids is 1. The van der Waals surface area contributed by atoms with Crippen molar-refractivity contribution in [1.82, 2.24) is 9.88 Å². The number of hydrogen-bond donors (Lipinski definition) is 1. The second-order valence-electron chi connectivity index (χ2n) is 6.58. The molecular formula is C22H17Cl2N3OS. The van der Waals surface area contributed by atoms with Gasteiger partial charge < -0.3 is 9.88 Å². The smallest absolute Gasteiger partial charge is 0.264 e. The normalized spacial score (nSPS) is 16.6. The van der Waals surface area contributed by atoms with Crippen LogP contribution in [0.4, 0.5) is 5.69 Å². The Hall–Kier alpha value is -2.47. The average molecular weight is 442 g/mol. The molecule has 1 aliphatic heterocycles. The molecule has 1 amide bonds. The van der Waals surface area contributed by atoms with E-state index in [-0.39, 0.29) is 5.91 Å². The van der Waals surface area contributed by atoms with Gasteiger partial charge in [-0.05, 0) is 73.1 Å². The monoisotopic (exact) mass is 441 g/mol. The first-order chi connectivity index (χ1) is 13.9. The van der Waals surface area contributed by atoms with Gasteiger partial charge in [0.15, 0.2) is 5.17 Å². The van der Waals surface area contributed by atoms with Crippen molar-refractivity contribution in [3.8, 4) is 5.69 Å². The molecule has 0 atom stereocenters. The van der Waals surface area contributed by atoms with E-state index in [2.05, 4.69) is 40.9 Å². The third-order valence-corrected chi connectivity index (χ3v) is 6.42. The molecule has 1 N–H and O–H groups in total. The number of amidine groups is 1. The Bertz CT molecular complexity index is 1180. The maximum atomic E-state index is 12.5. The third-order valence-electron chi connectivity index (χ3n) is 4.70. The number of rotatable bonds is 3. The fourth-order valence-corrected chi connectivity index (χ4v) is 4.19. The number of benzene rings is 2. The molecule has 2 aromatic carbocycles. The molecule has 146 valence electrons. The summed E-state index contributed by atoms with van der Waals surface area (Å²) in [6, 6.07) is 15.3. The Morgan fingerprint density at radius 1 is 1.07 bits per heavy atom. The first-order valence-electron chi connectivity index (χ1n) is 8.91. The maximum absolute atomic E-state index is 12.5. The number of aliphatic imine (C=N–C) groups is 1. The van der Waals surface area contributed by atoms with Crippen molar-refractivity contribution in [3.05, 3.63) is 86.5 Å². The van der Waals surface area contributed by atoms with Gasteiger partial charge in [-0.25, -0.2) is 4.99 Å². The van der Waals surface area contributed by atoms with Gasteiger partial charge in [-0.1, -0.05) is 41.4 Å². The molecule has 0 bridgehead atoms. The van der Waals surface area contributed by atoms with Crippen molar-refractivity contribution in [2.45, 2.75) is 13.8 Å². The molecule has 0 aliphatic carbocycles. The Balaban J connectivity index is 1.66. The lowest BCUT2D eigenvalue weighted by Crippen LogP contribution is -2.19. The van der Waals surface area contributed by atoms with Crippen LogP contribution in [0.1, 0.15) is 16.8 Å². The van der Waals surface area contributed by atoms with Crippen molar-refractivity contribution < 1.29 is 4.79 Å². The zero-order valence-electron chi connectivity index (χ0n) is 15.7. The van der Waals surface area contributed by atoms with Crippen LogP contribution in [0.2, 0.25) is 10.0 Å². The van der Waals surface area contributed by atoms with Crippen molar-refractivity contribution in [2.75, 3.05) is 0 Å². The van der Waals surface area contributed by atoms with Gasteiger partial charge in [0, 0.05) is 17.6 Å². The number of carbonyl (C=O) groups is 1. The summed E-state index contributed by atoms with van der Waals surface area (Å²) in [4.78, 5) is 17.5. The lowest BCUT2D eigenvalue weighted by atomic mass is 10.1. The topological polar surface area (TPSA) is 46.4 Å². The van der Waals surface area contributed by atoms with Crippen LogP contribution in [0.5, 0.6) is 0 Å². The van der Waals surface area contributed by atoms with Gasteiger partial charge in [-0.3, -0.25) is 4.79 Å². The molecular weight excluding hydrogens is 425 g/mol. The van der Waals surface area contributed by atoms with E-state index in [4.69, 9.17) is 23.2 Å². The fourth-order valence-electron chi connectivity index (χ4n) is 3.03. The molecule has 1 aromatic heterocycles. The highest BCUT2D eigenvalue weighted by molar-refractivity contribution is 8.18. The van der Waals surface area contributed by atoms with Crippen LogP contribution in [0.3, 0.4) is 0 Å². The first-order valence-corrected chi connectivity index (χ1v) is 10.5. The standard InChI is InChI=1S/C22H17Cl2N3OS/c1-13-6-3-10-18(14(13)2)27-11-5-7-15(27)12-19-21(28)26-22(29-19)25-17-9-4-8-16(23)20(17)24/h3-12H,1-2H3,(H,25,26,28)/b19-12+. The minimum absolute atomic E-state index is 0.194. The molecule has 2 heterocycles. The predicted octanol–water partition coefficient (Wildman–Crippen LogP) is 6.29. The number of aromatic nitrogens is 1. The molecule has 0 spiro atoms. The highest BCUT2D eigenvalue weighted by atomic mass is 35.5. The highest BCUT2D eigenvalue weighted by Crippen LogP contribution is 2.34. The number of hydrogen-bond acceptors (Lipinski definition) is 3. The summed E-state index contributed by atoms with van der Waals surface area (Å²) in [5.41, 5.74) is 4.94. The number of nitrogens with zero attached hydrogens (tertiary/aromatic N) is 2. The van der Waals surface area contributed by atoms with Crippen LogP contribution in [-0.2, 0) is 4.79 Å². The van der Waals surface area contributed by atoms with Crippen LogP contribution in [0.15, 0.2) is 64.6 Å². The number of aryl methyl sites for hydroxylation is 1. The third kappa shape index (κ3) is 3.99. The van der Waals surface area contributed by atoms with Crippen LogP contribution in [-0.4, -0.2) is 15.6 Å². The van der Waals surface area contributed by atoms with Crippen LogP contribution >= 0.6 is 35.0 Å². The number of amides is 1.